The van der Waals surface area contributed by atoms with Gasteiger partial charge in [0.2, 0.25) is 0 Å². The minimum absolute atomic E-state index is 0.159. The van der Waals surface area contributed by atoms with Gasteiger partial charge in [0.15, 0.2) is 5.65 Å². The molecule has 0 saturated carbocycles. The first kappa shape index (κ1) is 20.5. The maximum Gasteiger partial charge on any atom is 0.339 e. The zero-order valence-electron chi connectivity index (χ0n) is 17.9. The quantitative estimate of drug-likeness (QED) is 0.473. The van der Waals surface area contributed by atoms with Gasteiger partial charge in [-0.2, -0.15) is 0 Å². The van der Waals surface area contributed by atoms with E-state index in [-0.39, 0.29) is 23.7 Å². The van der Waals surface area contributed by atoms with Crippen LogP contribution in [0.25, 0.3) is 16.9 Å². The second-order valence-electron chi connectivity index (χ2n) is 7.71. The summed E-state index contributed by atoms with van der Waals surface area (Å²) in [5.74, 6) is -0.534. The average Bonchev–Trinajstić information content (AvgIpc) is 3.28. The van der Waals surface area contributed by atoms with Crippen molar-refractivity contribution in [3.63, 3.8) is 0 Å². The van der Waals surface area contributed by atoms with Crippen molar-refractivity contribution in [2.75, 3.05) is 19.0 Å². The number of para-hydroxylation sites is 1. The molecule has 4 aromatic rings. The number of carbonyl (C=O) groups excluding carboxylic acids is 2. The lowest BCUT2D eigenvalue weighted by Crippen LogP contribution is -2.42. The zero-order valence-corrected chi connectivity index (χ0v) is 17.9. The largest absolute Gasteiger partial charge is 0.465 e. The molecule has 0 radical (unpaired) electrons. The molecular formula is C24H21N5O4. The van der Waals surface area contributed by atoms with Crippen LogP contribution in [0.2, 0.25) is 0 Å². The molecule has 3 heterocycles. The molecule has 2 aromatic carbocycles. The first-order chi connectivity index (χ1) is 16.0. The van der Waals surface area contributed by atoms with Crippen LogP contribution < -0.4 is 10.9 Å². The Labute approximate surface area is 188 Å². The third kappa shape index (κ3) is 3.73. The van der Waals surface area contributed by atoms with Crippen LogP contribution in [0.15, 0.2) is 65.5 Å². The zero-order chi connectivity index (χ0) is 22.9. The molecule has 0 spiro atoms. The van der Waals surface area contributed by atoms with Gasteiger partial charge in [-0.25, -0.2) is 19.1 Å². The van der Waals surface area contributed by atoms with Crippen molar-refractivity contribution in [1.29, 1.82) is 0 Å². The van der Waals surface area contributed by atoms with Crippen molar-refractivity contribution in [1.82, 2.24) is 19.5 Å². The van der Waals surface area contributed by atoms with E-state index in [1.807, 2.05) is 36.4 Å². The average molecular weight is 443 g/mol. The number of fused-ring (bicyclic) bond motifs is 2. The van der Waals surface area contributed by atoms with Gasteiger partial charge in [0.05, 0.1) is 36.3 Å². The summed E-state index contributed by atoms with van der Waals surface area (Å²) in [5, 5.41) is 5.90. The summed E-state index contributed by atoms with van der Waals surface area (Å²) in [4.78, 5) is 44.2. The predicted molar refractivity (Wildman–Crippen MR) is 122 cm³/mol. The summed E-state index contributed by atoms with van der Waals surface area (Å²) < 4.78 is 6.23. The Morgan fingerprint density at radius 2 is 1.85 bits per heavy atom. The van der Waals surface area contributed by atoms with E-state index in [0.29, 0.717) is 35.6 Å². The summed E-state index contributed by atoms with van der Waals surface area (Å²) in [6, 6.07) is 17.8. The van der Waals surface area contributed by atoms with Gasteiger partial charge < -0.3 is 15.0 Å². The first-order valence-corrected chi connectivity index (χ1v) is 10.5. The number of benzene rings is 2. The standard InChI is InChI=1S/C24H21N5O4/c1-33-23(31)17-9-5-6-10-18(17)26-24(32)28-12-11-16-20(14-28)25-21-13-19(27-29(21)22(16)30)15-7-3-2-4-8-15/h2-10,13,27H,11-12,14H2,1H3,(H,26,32). The molecule has 0 atom stereocenters. The summed E-state index contributed by atoms with van der Waals surface area (Å²) in [6.07, 6.45) is 0.385. The highest BCUT2D eigenvalue weighted by molar-refractivity contribution is 6.00. The number of nitrogens with one attached hydrogen (secondary N) is 2. The Kier molecular flexibility index (Phi) is 5.14. The van der Waals surface area contributed by atoms with Gasteiger partial charge in [-0.05, 0) is 24.1 Å². The van der Waals surface area contributed by atoms with Crippen LogP contribution in [0.3, 0.4) is 0 Å². The number of anilines is 1. The second-order valence-corrected chi connectivity index (χ2v) is 7.71. The van der Waals surface area contributed by atoms with Gasteiger partial charge in [0, 0.05) is 18.2 Å². The van der Waals surface area contributed by atoms with E-state index in [4.69, 9.17) is 4.74 Å². The molecule has 33 heavy (non-hydrogen) atoms. The molecule has 2 N–H and O–H groups in total. The molecule has 166 valence electrons. The summed E-state index contributed by atoms with van der Waals surface area (Å²) >= 11 is 0. The highest BCUT2D eigenvalue weighted by atomic mass is 16.5. The highest BCUT2D eigenvalue weighted by Crippen LogP contribution is 2.22. The normalized spacial score (nSPS) is 12.9. The Morgan fingerprint density at radius 1 is 1.09 bits per heavy atom. The lowest BCUT2D eigenvalue weighted by atomic mass is 10.1. The van der Waals surface area contributed by atoms with Crippen LogP contribution in [0, 0.1) is 0 Å². The topological polar surface area (TPSA) is 109 Å². The van der Waals surface area contributed by atoms with E-state index < -0.39 is 5.97 Å². The summed E-state index contributed by atoms with van der Waals surface area (Å²) in [5.41, 5.74) is 3.87. The minimum atomic E-state index is -0.534. The van der Waals surface area contributed by atoms with Crippen LogP contribution in [0.5, 0.6) is 0 Å². The molecule has 9 heteroatoms. The van der Waals surface area contributed by atoms with Gasteiger partial charge in [0.1, 0.15) is 0 Å². The number of hydrogen-bond donors (Lipinski definition) is 2. The minimum Gasteiger partial charge on any atom is -0.465 e. The Morgan fingerprint density at radius 3 is 2.64 bits per heavy atom. The van der Waals surface area contributed by atoms with Crippen LogP contribution in [-0.4, -0.2) is 45.2 Å². The number of urea groups is 1. The van der Waals surface area contributed by atoms with E-state index in [1.165, 1.54) is 11.6 Å². The molecule has 9 nitrogen and oxygen atoms in total. The molecule has 2 aromatic heterocycles. The van der Waals surface area contributed by atoms with Crippen molar-refractivity contribution in [2.45, 2.75) is 13.0 Å². The maximum atomic E-state index is 13.1. The number of ether oxygens (including phenoxy) is 1. The third-order valence-corrected chi connectivity index (χ3v) is 5.71. The molecule has 0 saturated heterocycles. The molecule has 1 aliphatic rings. The SMILES string of the molecule is COC(=O)c1ccccc1NC(=O)N1CCc2c(nc3cc(-c4ccccc4)[nH]n3c2=O)C1. The number of hydrogen-bond acceptors (Lipinski definition) is 5. The van der Waals surface area contributed by atoms with Crippen molar-refractivity contribution in [3.8, 4) is 11.3 Å². The molecule has 0 fully saturated rings. The lowest BCUT2D eigenvalue weighted by molar-refractivity contribution is 0.0602. The van der Waals surface area contributed by atoms with E-state index >= 15 is 0 Å². The number of carbonyl (C=O) groups is 2. The van der Waals surface area contributed by atoms with Crippen molar-refractivity contribution in [2.24, 2.45) is 0 Å². The van der Waals surface area contributed by atoms with Crippen molar-refractivity contribution in [3.05, 3.63) is 87.8 Å². The van der Waals surface area contributed by atoms with Gasteiger partial charge in [0.25, 0.3) is 5.56 Å². The molecular weight excluding hydrogens is 422 g/mol. The molecule has 0 aliphatic carbocycles. The van der Waals surface area contributed by atoms with Crippen molar-refractivity contribution < 1.29 is 14.3 Å². The Bertz CT molecular complexity index is 1420. The van der Waals surface area contributed by atoms with Crippen LogP contribution in [0.4, 0.5) is 10.5 Å². The molecule has 1 aliphatic heterocycles. The van der Waals surface area contributed by atoms with E-state index in [2.05, 4.69) is 15.4 Å². The Hall–Kier alpha value is -4.40. The number of methoxy groups -OCH3 is 1. The van der Waals surface area contributed by atoms with Crippen LogP contribution >= 0.6 is 0 Å². The molecule has 0 bridgehead atoms. The third-order valence-electron chi connectivity index (χ3n) is 5.71. The van der Waals surface area contributed by atoms with Gasteiger partial charge in [-0.1, -0.05) is 42.5 Å². The number of rotatable bonds is 3. The smallest absolute Gasteiger partial charge is 0.339 e. The number of amides is 2. The number of aromatic nitrogens is 3. The molecule has 5 rings (SSSR count). The summed E-state index contributed by atoms with van der Waals surface area (Å²) in [6.45, 7) is 0.549. The van der Waals surface area contributed by atoms with Gasteiger partial charge in [-0.15, -0.1) is 0 Å². The van der Waals surface area contributed by atoms with Crippen LogP contribution in [0.1, 0.15) is 21.6 Å². The number of nitrogens with zero attached hydrogens (tertiary/aromatic N) is 3. The number of esters is 1. The fourth-order valence-corrected chi connectivity index (χ4v) is 4.01. The van der Waals surface area contributed by atoms with Gasteiger partial charge in [-0.3, -0.25) is 9.89 Å². The highest BCUT2D eigenvalue weighted by Gasteiger charge is 2.26. The fraction of sp³-hybridized carbons (Fsp3) is 0.167. The molecule has 0 unspecified atom stereocenters. The Balaban J connectivity index is 1.42. The second kappa shape index (κ2) is 8.27. The maximum absolute atomic E-state index is 13.1. The summed E-state index contributed by atoms with van der Waals surface area (Å²) in [7, 11) is 1.29. The molecule has 2 amide bonds. The van der Waals surface area contributed by atoms with E-state index in [1.54, 1.807) is 29.2 Å². The van der Waals surface area contributed by atoms with E-state index in [0.717, 1.165) is 11.3 Å². The fourth-order valence-electron chi connectivity index (χ4n) is 4.01. The van der Waals surface area contributed by atoms with Crippen molar-refractivity contribution >= 4 is 23.3 Å². The number of H-pyrrole nitrogens is 1. The van der Waals surface area contributed by atoms with Gasteiger partial charge >= 0.3 is 12.0 Å². The monoisotopic (exact) mass is 443 g/mol. The number of aromatic amines is 1. The lowest BCUT2D eigenvalue weighted by Gasteiger charge is -2.28. The first-order valence-electron chi connectivity index (χ1n) is 10.5. The van der Waals surface area contributed by atoms with E-state index in [9.17, 15) is 14.4 Å². The predicted octanol–water partition coefficient (Wildman–Crippen LogP) is 3.07. The van der Waals surface area contributed by atoms with Crippen LogP contribution in [-0.2, 0) is 17.7 Å².